The summed E-state index contributed by atoms with van der Waals surface area (Å²) in [5.74, 6) is 0.665. The Kier molecular flexibility index (Phi) is 4.98. The van der Waals surface area contributed by atoms with E-state index in [0.29, 0.717) is 16.0 Å². The van der Waals surface area contributed by atoms with Gasteiger partial charge in [0.25, 0.3) is 0 Å². The lowest BCUT2D eigenvalue weighted by Gasteiger charge is -2.19. The fourth-order valence-corrected chi connectivity index (χ4v) is 3.10. The maximum Gasteiger partial charge on any atom is 0.435 e. The number of nitrogens with zero attached hydrogens (tertiary/aromatic N) is 5. The Hall–Kier alpha value is -2.42. The fraction of sp³-hybridized carbons (Fsp3) is 0.333. The number of aromatic nitrogens is 5. The molecular formula is C18H18F3N5S. The first-order valence-corrected chi connectivity index (χ1v) is 8.96. The van der Waals surface area contributed by atoms with Crippen LogP contribution in [0.15, 0.2) is 46.6 Å². The quantitative estimate of drug-likeness (QED) is 0.643. The number of hydrogen-bond donors (Lipinski definition) is 0. The van der Waals surface area contributed by atoms with Gasteiger partial charge in [-0.15, -0.1) is 20.4 Å². The van der Waals surface area contributed by atoms with Crippen molar-refractivity contribution >= 4 is 11.8 Å². The van der Waals surface area contributed by atoms with Crippen molar-refractivity contribution in [1.82, 2.24) is 25.0 Å². The van der Waals surface area contributed by atoms with Crippen molar-refractivity contribution in [3.05, 3.63) is 47.7 Å². The molecule has 0 amide bonds. The van der Waals surface area contributed by atoms with E-state index in [0.717, 1.165) is 23.4 Å². The maximum atomic E-state index is 12.6. The molecule has 9 heteroatoms. The number of rotatable bonds is 3. The molecule has 0 spiro atoms. The average Bonchev–Trinajstić information content (AvgIpc) is 2.95. The van der Waals surface area contributed by atoms with Crippen LogP contribution in [0.4, 0.5) is 13.2 Å². The van der Waals surface area contributed by atoms with E-state index in [1.165, 1.54) is 11.6 Å². The summed E-state index contributed by atoms with van der Waals surface area (Å²) in [5, 5.41) is 16.0. The van der Waals surface area contributed by atoms with Crippen LogP contribution >= 0.6 is 11.8 Å². The number of halogens is 3. The maximum absolute atomic E-state index is 12.6. The molecule has 5 nitrogen and oxygen atoms in total. The second-order valence-corrected chi connectivity index (χ2v) is 8.04. The molecule has 142 valence electrons. The van der Waals surface area contributed by atoms with E-state index < -0.39 is 11.9 Å². The molecule has 0 saturated heterocycles. The zero-order valence-corrected chi connectivity index (χ0v) is 16.1. The molecule has 2 aromatic heterocycles. The Balaban J connectivity index is 1.81. The SMILES string of the molecule is Cn1c(Sc2ccc(C(F)(F)F)nn2)nnc1-c1ccc(C(C)(C)C)cc1. The van der Waals surface area contributed by atoms with Gasteiger partial charge in [-0.3, -0.25) is 0 Å². The van der Waals surface area contributed by atoms with Crippen LogP contribution in [0.1, 0.15) is 32.0 Å². The first-order valence-electron chi connectivity index (χ1n) is 8.15. The standard InChI is InChI=1S/C18H18F3N5S/c1-17(2,3)12-7-5-11(6-8-12)15-24-25-16(26(15)4)27-14-10-9-13(22-23-14)18(19,20)21/h5-10H,1-4H3. The molecule has 0 unspecified atom stereocenters. The van der Waals surface area contributed by atoms with E-state index in [9.17, 15) is 13.2 Å². The summed E-state index contributed by atoms with van der Waals surface area (Å²) in [6.07, 6.45) is -4.51. The summed E-state index contributed by atoms with van der Waals surface area (Å²) >= 11 is 1.10. The molecule has 0 saturated carbocycles. The van der Waals surface area contributed by atoms with Gasteiger partial charge in [0.2, 0.25) is 0 Å². The van der Waals surface area contributed by atoms with Gasteiger partial charge >= 0.3 is 6.18 Å². The molecule has 2 heterocycles. The van der Waals surface area contributed by atoms with Gasteiger partial charge in [-0.1, -0.05) is 45.0 Å². The highest BCUT2D eigenvalue weighted by molar-refractivity contribution is 7.99. The van der Waals surface area contributed by atoms with E-state index in [4.69, 9.17) is 0 Å². The Morgan fingerprint density at radius 3 is 2.04 bits per heavy atom. The van der Waals surface area contributed by atoms with Crippen molar-refractivity contribution in [2.45, 2.75) is 42.5 Å². The lowest BCUT2D eigenvalue weighted by molar-refractivity contribution is -0.141. The van der Waals surface area contributed by atoms with Gasteiger partial charge in [-0.25, -0.2) is 0 Å². The minimum Gasteiger partial charge on any atom is -0.305 e. The summed E-state index contributed by atoms with van der Waals surface area (Å²) in [4.78, 5) is 0. The molecule has 3 rings (SSSR count). The first kappa shape index (κ1) is 19.3. The minimum atomic E-state index is -4.51. The van der Waals surface area contributed by atoms with Crippen LogP contribution in [-0.4, -0.2) is 25.0 Å². The van der Waals surface area contributed by atoms with Gasteiger partial charge in [0, 0.05) is 12.6 Å². The highest BCUT2D eigenvalue weighted by Crippen LogP contribution is 2.31. The summed E-state index contributed by atoms with van der Waals surface area (Å²) in [5.41, 5.74) is 1.15. The van der Waals surface area contributed by atoms with Gasteiger partial charge in [-0.05, 0) is 34.9 Å². The highest BCUT2D eigenvalue weighted by Gasteiger charge is 2.33. The van der Waals surface area contributed by atoms with Gasteiger partial charge in [-0.2, -0.15) is 13.2 Å². The van der Waals surface area contributed by atoms with Crippen molar-refractivity contribution in [2.24, 2.45) is 7.05 Å². The van der Waals surface area contributed by atoms with Crippen molar-refractivity contribution in [2.75, 3.05) is 0 Å². The van der Waals surface area contributed by atoms with Crippen molar-refractivity contribution in [3.8, 4) is 11.4 Å². The van der Waals surface area contributed by atoms with E-state index in [1.807, 2.05) is 12.1 Å². The lowest BCUT2D eigenvalue weighted by Crippen LogP contribution is -2.10. The van der Waals surface area contributed by atoms with Crippen molar-refractivity contribution in [1.29, 1.82) is 0 Å². The highest BCUT2D eigenvalue weighted by atomic mass is 32.2. The Bertz CT molecular complexity index is 926. The molecular weight excluding hydrogens is 375 g/mol. The van der Waals surface area contributed by atoms with E-state index in [2.05, 4.69) is 53.3 Å². The van der Waals surface area contributed by atoms with Crippen LogP contribution in [0.2, 0.25) is 0 Å². The monoisotopic (exact) mass is 393 g/mol. The zero-order chi connectivity index (χ0) is 19.8. The largest absolute Gasteiger partial charge is 0.435 e. The van der Waals surface area contributed by atoms with Gasteiger partial charge in [0.05, 0.1) is 0 Å². The third-order valence-electron chi connectivity index (χ3n) is 3.97. The van der Waals surface area contributed by atoms with Crippen LogP contribution < -0.4 is 0 Å². The summed E-state index contributed by atoms with van der Waals surface area (Å²) < 4.78 is 39.5. The Labute approximate surface area is 159 Å². The molecule has 0 atom stereocenters. The molecule has 0 fully saturated rings. The Morgan fingerprint density at radius 2 is 1.52 bits per heavy atom. The smallest absolute Gasteiger partial charge is 0.305 e. The number of alkyl halides is 3. The van der Waals surface area contributed by atoms with E-state index in [-0.39, 0.29) is 5.41 Å². The van der Waals surface area contributed by atoms with E-state index >= 15 is 0 Å². The second kappa shape index (κ2) is 6.95. The minimum absolute atomic E-state index is 0.0562. The predicted molar refractivity (Wildman–Crippen MR) is 96.3 cm³/mol. The second-order valence-electron chi connectivity index (χ2n) is 7.05. The average molecular weight is 393 g/mol. The lowest BCUT2D eigenvalue weighted by atomic mass is 9.87. The third kappa shape index (κ3) is 4.29. The van der Waals surface area contributed by atoms with Crippen LogP contribution in [0.25, 0.3) is 11.4 Å². The molecule has 0 aliphatic carbocycles. The fourth-order valence-electron chi connectivity index (χ4n) is 2.39. The molecule has 0 aliphatic rings. The number of benzene rings is 1. The molecule has 27 heavy (non-hydrogen) atoms. The van der Waals surface area contributed by atoms with Gasteiger partial charge < -0.3 is 4.57 Å². The van der Waals surface area contributed by atoms with Crippen LogP contribution in [-0.2, 0) is 18.6 Å². The molecule has 0 N–H and O–H groups in total. The molecule has 1 aromatic carbocycles. The number of hydrogen-bond acceptors (Lipinski definition) is 5. The van der Waals surface area contributed by atoms with Crippen LogP contribution in [0.3, 0.4) is 0 Å². The topological polar surface area (TPSA) is 56.5 Å². The van der Waals surface area contributed by atoms with Crippen LogP contribution in [0, 0.1) is 0 Å². The van der Waals surface area contributed by atoms with Gasteiger partial charge in [0.1, 0.15) is 5.03 Å². The predicted octanol–water partition coefficient (Wildman–Crippen LogP) is 4.74. The van der Waals surface area contributed by atoms with Crippen LogP contribution in [0.5, 0.6) is 0 Å². The normalized spacial score (nSPS) is 12.4. The molecule has 0 aliphatic heterocycles. The molecule has 0 bridgehead atoms. The van der Waals surface area contributed by atoms with E-state index in [1.54, 1.807) is 11.6 Å². The zero-order valence-electron chi connectivity index (χ0n) is 15.2. The van der Waals surface area contributed by atoms with Gasteiger partial charge in [0.15, 0.2) is 16.7 Å². The van der Waals surface area contributed by atoms with Crippen molar-refractivity contribution in [3.63, 3.8) is 0 Å². The Morgan fingerprint density at radius 1 is 0.852 bits per heavy atom. The molecule has 0 radical (unpaired) electrons. The molecule has 3 aromatic rings. The first-order chi connectivity index (χ1) is 12.6. The van der Waals surface area contributed by atoms with Crippen molar-refractivity contribution < 1.29 is 13.2 Å². The summed E-state index contributed by atoms with van der Waals surface area (Å²) in [7, 11) is 1.80. The third-order valence-corrected chi connectivity index (χ3v) is 4.94. The summed E-state index contributed by atoms with van der Waals surface area (Å²) in [6, 6.07) is 10.2. The summed E-state index contributed by atoms with van der Waals surface area (Å²) in [6.45, 7) is 6.43.